The second kappa shape index (κ2) is 7.78. The second-order valence-corrected chi connectivity index (χ2v) is 7.14. The van der Waals surface area contributed by atoms with Gasteiger partial charge in [0.15, 0.2) is 0 Å². The summed E-state index contributed by atoms with van der Waals surface area (Å²) < 4.78 is 39.2. The first kappa shape index (κ1) is 20.7. The van der Waals surface area contributed by atoms with Crippen LogP contribution in [0.1, 0.15) is 32.9 Å². The Kier molecular flexibility index (Phi) is 5.55. The van der Waals surface area contributed by atoms with Crippen molar-refractivity contribution in [3.8, 4) is 5.75 Å². The number of aromatic nitrogens is 2. The van der Waals surface area contributed by atoms with Crippen LogP contribution in [-0.4, -0.2) is 38.2 Å². The molecule has 2 aromatic rings. The molecular weight excluding hydrogens is 415 g/mol. The minimum absolute atomic E-state index is 0.160. The number of carbonyl (C=O) groups is 2. The smallest absolute Gasteiger partial charge is 0.433 e. The van der Waals surface area contributed by atoms with Crippen LogP contribution in [0.5, 0.6) is 5.75 Å². The lowest BCUT2D eigenvalue weighted by molar-refractivity contribution is -0.141. The molecule has 1 aliphatic rings. The van der Waals surface area contributed by atoms with Gasteiger partial charge in [-0.2, -0.15) is 24.9 Å². The third-order valence-corrected chi connectivity index (χ3v) is 5.19. The largest absolute Gasteiger partial charge is 0.507 e. The van der Waals surface area contributed by atoms with Crippen molar-refractivity contribution in [2.45, 2.75) is 24.2 Å². The molecule has 0 unspecified atom stereocenters. The Balaban J connectivity index is 2.02. The Morgan fingerprint density at radius 3 is 2.59 bits per heavy atom. The Morgan fingerprint density at radius 1 is 1.28 bits per heavy atom. The SMILES string of the molecule is O=C(O)CNC(=O)c1c(O)c2c(n(Cc3ccc(C(F)(F)F)nc3)c1=O)CSC2. The summed E-state index contributed by atoms with van der Waals surface area (Å²) in [6.45, 7) is -0.904. The molecular formula is C17H14F3N3O5S. The highest BCUT2D eigenvalue weighted by molar-refractivity contribution is 7.98. The first-order valence-corrected chi connectivity index (χ1v) is 9.32. The van der Waals surface area contributed by atoms with Crippen LogP contribution in [0.4, 0.5) is 13.2 Å². The highest BCUT2D eigenvalue weighted by Crippen LogP contribution is 2.36. The van der Waals surface area contributed by atoms with Crippen molar-refractivity contribution in [2.75, 3.05) is 6.54 Å². The summed E-state index contributed by atoms with van der Waals surface area (Å²) in [5.74, 6) is -2.20. The summed E-state index contributed by atoms with van der Waals surface area (Å²) in [4.78, 5) is 39.1. The van der Waals surface area contributed by atoms with E-state index in [1.807, 2.05) is 5.32 Å². The van der Waals surface area contributed by atoms with Gasteiger partial charge < -0.3 is 20.1 Å². The van der Waals surface area contributed by atoms with Gasteiger partial charge in [0.05, 0.1) is 6.54 Å². The molecule has 8 nitrogen and oxygen atoms in total. The number of carbonyl (C=O) groups excluding carboxylic acids is 1. The van der Waals surface area contributed by atoms with Gasteiger partial charge in [0.2, 0.25) is 0 Å². The maximum absolute atomic E-state index is 12.9. The Hall–Kier alpha value is -3.02. The number of fused-ring (bicyclic) bond motifs is 1. The maximum Gasteiger partial charge on any atom is 0.433 e. The van der Waals surface area contributed by atoms with E-state index >= 15 is 0 Å². The standard InChI is InChI=1S/C17H14F3N3O5S/c18-17(19,20)11-2-1-8(3-21-11)5-23-10-7-29-6-9(10)14(26)13(16(23)28)15(27)22-4-12(24)25/h1-3,26H,4-7H2,(H,22,27)(H,24,25). The van der Waals surface area contributed by atoms with Crippen LogP contribution in [0.3, 0.4) is 0 Å². The van der Waals surface area contributed by atoms with E-state index in [-0.39, 0.29) is 6.54 Å². The Labute approximate surface area is 165 Å². The second-order valence-electron chi connectivity index (χ2n) is 6.16. The number of aliphatic carboxylic acids is 1. The molecule has 2 aromatic heterocycles. The monoisotopic (exact) mass is 429 g/mol. The lowest BCUT2D eigenvalue weighted by Crippen LogP contribution is -2.37. The van der Waals surface area contributed by atoms with Gasteiger partial charge in [-0.1, -0.05) is 6.07 Å². The van der Waals surface area contributed by atoms with E-state index in [0.717, 1.165) is 12.3 Å². The van der Waals surface area contributed by atoms with Crippen LogP contribution in [0.25, 0.3) is 0 Å². The van der Waals surface area contributed by atoms with Gasteiger partial charge in [-0.3, -0.25) is 19.4 Å². The zero-order valence-corrected chi connectivity index (χ0v) is 15.4. The molecule has 0 bridgehead atoms. The van der Waals surface area contributed by atoms with Crippen LogP contribution in [0.15, 0.2) is 23.1 Å². The zero-order chi connectivity index (χ0) is 21.3. The first-order valence-electron chi connectivity index (χ1n) is 8.17. The highest BCUT2D eigenvalue weighted by atomic mass is 32.2. The van der Waals surface area contributed by atoms with E-state index < -0.39 is 47.2 Å². The molecule has 0 spiro atoms. The summed E-state index contributed by atoms with van der Waals surface area (Å²) in [5.41, 5.74) is -1.45. The molecule has 12 heteroatoms. The van der Waals surface area contributed by atoms with Crippen LogP contribution < -0.4 is 10.9 Å². The summed E-state index contributed by atoms with van der Waals surface area (Å²) in [7, 11) is 0. The van der Waals surface area contributed by atoms with Crippen molar-refractivity contribution in [3.05, 3.63) is 56.8 Å². The van der Waals surface area contributed by atoms with Gasteiger partial charge in [-0.05, 0) is 11.6 Å². The zero-order valence-electron chi connectivity index (χ0n) is 14.6. The lowest BCUT2D eigenvalue weighted by atomic mass is 10.1. The number of aromatic hydroxyl groups is 1. The number of rotatable bonds is 5. The van der Waals surface area contributed by atoms with Crippen LogP contribution >= 0.6 is 11.8 Å². The number of hydrogen-bond donors (Lipinski definition) is 3. The predicted molar refractivity (Wildman–Crippen MR) is 95.7 cm³/mol. The van der Waals surface area contributed by atoms with Gasteiger partial charge in [-0.25, -0.2) is 0 Å². The van der Waals surface area contributed by atoms with Crippen molar-refractivity contribution >= 4 is 23.6 Å². The maximum atomic E-state index is 12.9. The lowest BCUT2D eigenvalue weighted by Gasteiger charge is -2.16. The van der Waals surface area contributed by atoms with E-state index in [0.29, 0.717) is 28.3 Å². The van der Waals surface area contributed by atoms with Crippen molar-refractivity contribution in [2.24, 2.45) is 0 Å². The Morgan fingerprint density at radius 2 is 2.00 bits per heavy atom. The van der Waals surface area contributed by atoms with E-state index in [4.69, 9.17) is 5.11 Å². The van der Waals surface area contributed by atoms with Crippen molar-refractivity contribution < 1.29 is 33.0 Å². The fraction of sp³-hybridized carbons (Fsp3) is 0.294. The number of nitrogens with zero attached hydrogens (tertiary/aromatic N) is 2. The first-order chi connectivity index (χ1) is 13.6. The van der Waals surface area contributed by atoms with E-state index in [1.165, 1.54) is 22.4 Å². The molecule has 154 valence electrons. The molecule has 0 saturated heterocycles. The van der Waals surface area contributed by atoms with Gasteiger partial charge in [0, 0.05) is 29.0 Å². The number of thioether (sulfide) groups is 1. The number of alkyl halides is 3. The van der Waals surface area contributed by atoms with Crippen LogP contribution in [0, 0.1) is 0 Å². The van der Waals surface area contributed by atoms with Gasteiger partial charge in [0.1, 0.15) is 23.6 Å². The number of carboxylic acids is 1. The fourth-order valence-electron chi connectivity index (χ4n) is 2.86. The summed E-state index contributed by atoms with van der Waals surface area (Å²) in [6.07, 6.45) is -3.61. The summed E-state index contributed by atoms with van der Waals surface area (Å²) >= 11 is 1.39. The topological polar surface area (TPSA) is 122 Å². The molecule has 0 saturated carbocycles. The molecule has 0 atom stereocenters. The number of hydrogen-bond acceptors (Lipinski definition) is 6. The van der Waals surface area contributed by atoms with Gasteiger partial charge in [-0.15, -0.1) is 0 Å². The summed E-state index contributed by atoms with van der Waals surface area (Å²) in [6, 6.07) is 1.96. The van der Waals surface area contributed by atoms with Gasteiger partial charge in [0.25, 0.3) is 11.5 Å². The molecule has 0 aromatic carbocycles. The van der Waals surface area contributed by atoms with E-state index in [9.17, 15) is 32.7 Å². The number of amides is 1. The van der Waals surface area contributed by atoms with Crippen LogP contribution in [0.2, 0.25) is 0 Å². The minimum atomic E-state index is -4.60. The third-order valence-electron chi connectivity index (χ3n) is 4.22. The average Bonchev–Trinajstić information content (AvgIpc) is 3.13. The van der Waals surface area contributed by atoms with Gasteiger partial charge >= 0.3 is 12.1 Å². The molecule has 1 aliphatic heterocycles. The van der Waals surface area contributed by atoms with E-state index in [1.54, 1.807) is 0 Å². The third kappa shape index (κ3) is 4.21. The molecule has 1 amide bonds. The van der Waals surface area contributed by atoms with Crippen molar-refractivity contribution in [1.82, 2.24) is 14.9 Å². The molecule has 3 N–H and O–H groups in total. The molecule has 0 radical (unpaired) electrons. The summed E-state index contributed by atoms with van der Waals surface area (Å²) in [5, 5.41) is 21.1. The molecule has 0 fully saturated rings. The molecule has 29 heavy (non-hydrogen) atoms. The average molecular weight is 429 g/mol. The highest BCUT2D eigenvalue weighted by Gasteiger charge is 2.32. The Bertz CT molecular complexity index is 1030. The normalized spacial score (nSPS) is 13.2. The minimum Gasteiger partial charge on any atom is -0.507 e. The van der Waals surface area contributed by atoms with Crippen molar-refractivity contribution in [1.29, 1.82) is 0 Å². The number of carboxylic acid groups (broad SMARTS) is 1. The quantitative estimate of drug-likeness (QED) is 0.660. The predicted octanol–water partition coefficient (Wildman–Crippen LogP) is 1.58. The number of pyridine rings is 2. The fourth-order valence-corrected chi connectivity index (χ4v) is 3.99. The molecule has 3 heterocycles. The van der Waals surface area contributed by atoms with E-state index in [2.05, 4.69) is 4.98 Å². The molecule has 3 rings (SSSR count). The number of halogens is 3. The van der Waals surface area contributed by atoms with Crippen LogP contribution in [-0.2, 0) is 29.0 Å². The number of nitrogens with one attached hydrogen (secondary N) is 1. The molecule has 0 aliphatic carbocycles. The van der Waals surface area contributed by atoms with Crippen molar-refractivity contribution in [3.63, 3.8) is 0 Å².